The second-order valence-corrected chi connectivity index (χ2v) is 19.8. The molecule has 7 N–H and O–H groups in total. The Morgan fingerprint density at radius 1 is 0.768 bits per heavy atom. The van der Waals surface area contributed by atoms with Crippen molar-refractivity contribution in [2.45, 2.75) is 154 Å². The van der Waals surface area contributed by atoms with E-state index in [2.05, 4.69) is 31.5 Å². The van der Waals surface area contributed by atoms with Crippen molar-refractivity contribution in [2.24, 2.45) is 11.7 Å². The number of rotatable bonds is 33. The summed E-state index contributed by atoms with van der Waals surface area (Å²) in [5.41, 5.74) is 12.6. The van der Waals surface area contributed by atoms with Gasteiger partial charge < -0.3 is 31.1 Å². The monoisotopic (exact) mass is 849 g/mol. The first-order valence-corrected chi connectivity index (χ1v) is 25.1. The van der Waals surface area contributed by atoms with Gasteiger partial charge in [-0.15, -0.1) is 0 Å². The lowest BCUT2D eigenvalue weighted by Crippen LogP contribution is -2.11. The summed E-state index contributed by atoms with van der Waals surface area (Å²) in [6.45, 7) is 2.06. The van der Waals surface area contributed by atoms with Gasteiger partial charge in [-0.1, -0.05) is 115 Å². The van der Waals surface area contributed by atoms with Crippen LogP contribution in [0.5, 0.6) is 0 Å². The molecule has 0 radical (unpaired) electrons. The number of phosphoric acid groups is 3. The van der Waals surface area contributed by atoms with E-state index in [4.69, 9.17) is 29.3 Å². The van der Waals surface area contributed by atoms with E-state index in [1.54, 1.807) is 12.4 Å². The van der Waals surface area contributed by atoms with Crippen LogP contribution in [0, 0.1) is 5.92 Å². The molecule has 0 aromatic carbocycles. The van der Waals surface area contributed by atoms with Crippen LogP contribution in [0.2, 0.25) is 0 Å². The highest BCUT2D eigenvalue weighted by atomic mass is 31.3. The Morgan fingerprint density at radius 3 is 1.91 bits per heavy atom. The van der Waals surface area contributed by atoms with Crippen LogP contribution < -0.4 is 16.8 Å². The van der Waals surface area contributed by atoms with Gasteiger partial charge in [-0.3, -0.25) is 13.6 Å². The highest BCUT2D eigenvalue weighted by Gasteiger charge is 2.44. The van der Waals surface area contributed by atoms with Crippen LogP contribution in [0.3, 0.4) is 0 Å². The third kappa shape index (κ3) is 17.6. The first-order valence-electron chi connectivity index (χ1n) is 20.7. The highest BCUT2D eigenvalue weighted by molar-refractivity contribution is 7.67. The molecule has 0 amide bonds. The number of anilines is 2. The smallest absolute Gasteiger partial charge is 0.368 e. The zero-order chi connectivity index (χ0) is 40.3. The third-order valence-corrected chi connectivity index (χ3v) is 14.6. The maximum atomic E-state index is 13.4. The van der Waals surface area contributed by atoms with Crippen LogP contribution in [-0.4, -0.2) is 61.7 Å². The number of unbranched alkanes of at least 4 members (excludes halogenated alkanes) is 16. The molecule has 320 valence electrons. The Morgan fingerprint density at radius 2 is 1.34 bits per heavy atom. The standard InChI is InChI=1S/C36H66N7O10P3/c1-2-3-4-5-6-7-8-9-10-11-12-13-14-15-16-18-25-49-56(48,50-26-19-17-24-37)53-55(46,47)52-54(44,45)51-28-30-20-23-32(27-30)43-29-39-33-34(40-31-21-22-31)41-36(38)42-35(33)43/h20,23,29-32H,2-19,21-22,24-28,37H2,1H3,(H,44,45)(H,46,47)(H3,38,40,41,42)/t30-,32+,56?/m1/s1. The fraction of sp³-hybridized carbons (Fsp3) is 0.806. The van der Waals surface area contributed by atoms with Crippen molar-refractivity contribution in [2.75, 3.05) is 37.4 Å². The molecule has 0 aliphatic heterocycles. The molecular formula is C36H66N7O10P3. The normalized spacial score (nSPS) is 20.3. The Balaban J connectivity index is 1.15. The Hall–Kier alpha value is -1.74. The van der Waals surface area contributed by atoms with E-state index >= 15 is 0 Å². The van der Waals surface area contributed by atoms with Crippen LogP contribution in [0.25, 0.3) is 11.2 Å². The summed E-state index contributed by atoms with van der Waals surface area (Å²) in [5, 5.41) is 3.32. The second kappa shape index (κ2) is 24.4. The molecule has 0 saturated heterocycles. The van der Waals surface area contributed by atoms with Crippen LogP contribution in [0.15, 0.2) is 18.5 Å². The summed E-state index contributed by atoms with van der Waals surface area (Å²) in [6.07, 6.45) is 27.7. The molecule has 1 fully saturated rings. The minimum Gasteiger partial charge on any atom is -0.368 e. The van der Waals surface area contributed by atoms with E-state index in [1.807, 2.05) is 10.6 Å². The van der Waals surface area contributed by atoms with Crippen molar-refractivity contribution < 1.29 is 45.7 Å². The molecule has 17 nitrogen and oxygen atoms in total. The predicted octanol–water partition coefficient (Wildman–Crippen LogP) is 9.49. The summed E-state index contributed by atoms with van der Waals surface area (Å²) < 4.78 is 65.9. The molecule has 2 heterocycles. The highest BCUT2D eigenvalue weighted by Crippen LogP contribution is 2.69. The predicted molar refractivity (Wildman–Crippen MR) is 218 cm³/mol. The number of hydrogen-bond acceptors (Lipinski definition) is 14. The van der Waals surface area contributed by atoms with Crippen LogP contribution in [0.4, 0.5) is 11.8 Å². The van der Waals surface area contributed by atoms with Gasteiger partial charge in [0.05, 0.1) is 32.2 Å². The van der Waals surface area contributed by atoms with Gasteiger partial charge in [0.1, 0.15) is 0 Å². The average molecular weight is 850 g/mol. The van der Waals surface area contributed by atoms with E-state index in [0.29, 0.717) is 55.3 Å². The zero-order valence-electron chi connectivity index (χ0n) is 33.1. The number of nitrogen functional groups attached to an aromatic ring is 1. The molecule has 56 heavy (non-hydrogen) atoms. The van der Waals surface area contributed by atoms with Crippen molar-refractivity contribution in [3.05, 3.63) is 18.5 Å². The van der Waals surface area contributed by atoms with Crippen molar-refractivity contribution in [3.63, 3.8) is 0 Å². The number of allylic oxidation sites excluding steroid dienone is 1. The van der Waals surface area contributed by atoms with Gasteiger partial charge in [0.25, 0.3) is 0 Å². The van der Waals surface area contributed by atoms with E-state index in [-0.39, 0.29) is 37.7 Å². The number of aromatic nitrogens is 4. The van der Waals surface area contributed by atoms with E-state index in [9.17, 15) is 23.5 Å². The molecule has 0 bridgehead atoms. The number of nitrogens with one attached hydrogen (secondary N) is 1. The van der Waals surface area contributed by atoms with Gasteiger partial charge in [-0.25, -0.2) is 18.7 Å². The molecule has 0 spiro atoms. The number of hydrogen-bond donors (Lipinski definition) is 5. The summed E-state index contributed by atoms with van der Waals surface area (Å²) in [5.74, 6) is 0.305. The number of imidazole rings is 1. The molecule has 2 aromatic rings. The number of nitrogens with zero attached hydrogens (tertiary/aromatic N) is 4. The third-order valence-electron chi connectivity index (χ3n) is 9.82. The molecule has 3 unspecified atom stereocenters. The second-order valence-electron chi connectivity index (χ2n) is 14.9. The fourth-order valence-electron chi connectivity index (χ4n) is 6.60. The van der Waals surface area contributed by atoms with E-state index in [1.165, 1.54) is 70.6 Å². The maximum absolute atomic E-state index is 13.4. The zero-order valence-corrected chi connectivity index (χ0v) is 35.8. The quantitative estimate of drug-likeness (QED) is 0.0255. The van der Waals surface area contributed by atoms with Gasteiger partial charge in [-0.2, -0.15) is 18.6 Å². The van der Waals surface area contributed by atoms with Gasteiger partial charge in [0, 0.05) is 12.0 Å². The van der Waals surface area contributed by atoms with Crippen LogP contribution in [0.1, 0.15) is 148 Å². The summed E-state index contributed by atoms with van der Waals surface area (Å²) in [6, 6.07) is 0.111. The average Bonchev–Trinajstić information content (AvgIpc) is 3.65. The summed E-state index contributed by atoms with van der Waals surface area (Å²) >= 11 is 0. The van der Waals surface area contributed by atoms with E-state index in [0.717, 1.165) is 38.5 Å². The Kier molecular flexibility index (Phi) is 20.4. The van der Waals surface area contributed by atoms with Crippen LogP contribution >= 0.6 is 23.5 Å². The molecular weight excluding hydrogens is 783 g/mol. The molecule has 4 rings (SSSR count). The SMILES string of the molecule is CCCCCCCCCCCCCCCCCCOP(=O)(OCCCCN)OP(=O)(O)OP(=O)(O)OC[C@@H]1C=C[C@H](n2cnc3c(NC4CC4)nc(N)nc32)C1. The van der Waals surface area contributed by atoms with Crippen molar-refractivity contribution in [3.8, 4) is 0 Å². The van der Waals surface area contributed by atoms with Crippen molar-refractivity contribution in [1.82, 2.24) is 19.5 Å². The first-order chi connectivity index (χ1) is 26.9. The fourth-order valence-corrected chi connectivity index (χ4v) is 10.8. The molecule has 1 saturated carbocycles. The largest absolute Gasteiger partial charge is 0.490 e. The topological polar surface area (TPSA) is 245 Å². The van der Waals surface area contributed by atoms with Crippen molar-refractivity contribution >= 4 is 46.4 Å². The Bertz CT molecular complexity index is 1630. The first kappa shape index (κ1) is 46.9. The van der Waals surface area contributed by atoms with Gasteiger partial charge in [-0.05, 0) is 45.1 Å². The van der Waals surface area contributed by atoms with E-state index < -0.39 is 23.5 Å². The summed E-state index contributed by atoms with van der Waals surface area (Å²) in [4.78, 5) is 33.9. The molecule has 5 atom stereocenters. The molecule has 2 aliphatic carbocycles. The van der Waals surface area contributed by atoms with Gasteiger partial charge in [0.15, 0.2) is 17.0 Å². The van der Waals surface area contributed by atoms with Crippen LogP contribution in [-0.2, 0) is 35.9 Å². The number of nitrogens with two attached hydrogens (primary N) is 2. The number of phosphoric ester groups is 2. The molecule has 2 aliphatic rings. The van der Waals surface area contributed by atoms with Gasteiger partial charge in [0.2, 0.25) is 5.95 Å². The minimum absolute atomic E-state index is 0.0712. The number of fused-ring (bicyclic) bond motifs is 1. The maximum Gasteiger partial charge on any atom is 0.490 e. The molecule has 20 heteroatoms. The lowest BCUT2D eigenvalue weighted by molar-refractivity contribution is 0.128. The lowest BCUT2D eigenvalue weighted by Gasteiger charge is -2.22. The van der Waals surface area contributed by atoms with Gasteiger partial charge >= 0.3 is 23.5 Å². The molecule has 2 aromatic heterocycles. The summed E-state index contributed by atoms with van der Waals surface area (Å²) in [7, 11) is -15.3. The lowest BCUT2D eigenvalue weighted by atomic mass is 10.0. The Labute approximate surface area is 332 Å². The minimum atomic E-state index is -5.48. The van der Waals surface area contributed by atoms with Crippen molar-refractivity contribution in [1.29, 1.82) is 0 Å².